The maximum atomic E-state index is 13.1. The lowest BCUT2D eigenvalue weighted by molar-refractivity contribution is -0.119. The molecule has 0 aliphatic carbocycles. The minimum absolute atomic E-state index is 0.0919. The van der Waals surface area contributed by atoms with Crippen LogP contribution < -0.4 is 10.5 Å². The van der Waals surface area contributed by atoms with Crippen LogP contribution in [0.4, 0.5) is 5.69 Å². The number of hydrogen-bond acceptors (Lipinski definition) is 3. The summed E-state index contributed by atoms with van der Waals surface area (Å²) in [6.07, 6.45) is 1.41. The summed E-state index contributed by atoms with van der Waals surface area (Å²) in [7, 11) is 0. The maximum Gasteiger partial charge on any atom is 0.261 e. The van der Waals surface area contributed by atoms with Crippen molar-refractivity contribution in [2.45, 2.75) is 13.5 Å². The highest BCUT2D eigenvalue weighted by atomic mass is 35.5. The van der Waals surface area contributed by atoms with Crippen molar-refractivity contribution < 1.29 is 4.79 Å². The van der Waals surface area contributed by atoms with Crippen LogP contribution >= 0.6 is 11.6 Å². The standard InChI is InChI=1S/C22H18ClN3O2/c1-2-26(20-9-5-7-15-6-3-4-8-17(15)20)21(27)13-25-14-24-19-11-10-16(23)12-18(19)22(25)28/h3-12,14H,2,13H2,1H3. The molecule has 1 heterocycles. The van der Waals surface area contributed by atoms with Gasteiger partial charge in [0.15, 0.2) is 0 Å². The van der Waals surface area contributed by atoms with Gasteiger partial charge in [-0.05, 0) is 36.6 Å². The van der Waals surface area contributed by atoms with Crippen molar-refractivity contribution in [3.8, 4) is 0 Å². The van der Waals surface area contributed by atoms with E-state index in [-0.39, 0.29) is 18.0 Å². The maximum absolute atomic E-state index is 13.1. The molecular formula is C22H18ClN3O2. The molecule has 3 aromatic carbocycles. The van der Waals surface area contributed by atoms with Crippen LogP contribution in [0.15, 0.2) is 71.8 Å². The number of benzene rings is 3. The van der Waals surface area contributed by atoms with E-state index in [2.05, 4.69) is 4.98 Å². The molecule has 0 aliphatic rings. The second kappa shape index (κ2) is 7.44. The minimum atomic E-state index is -0.283. The van der Waals surface area contributed by atoms with Crippen LogP contribution in [0.5, 0.6) is 0 Å². The Morgan fingerprint density at radius 2 is 1.86 bits per heavy atom. The number of rotatable bonds is 4. The highest BCUT2D eigenvalue weighted by Gasteiger charge is 2.18. The van der Waals surface area contributed by atoms with Gasteiger partial charge in [0, 0.05) is 17.0 Å². The van der Waals surface area contributed by atoms with E-state index in [1.165, 1.54) is 10.9 Å². The molecule has 6 heteroatoms. The van der Waals surface area contributed by atoms with E-state index in [4.69, 9.17) is 11.6 Å². The second-order valence-corrected chi connectivity index (χ2v) is 6.91. The largest absolute Gasteiger partial charge is 0.311 e. The Bertz CT molecular complexity index is 1240. The van der Waals surface area contributed by atoms with E-state index in [1.54, 1.807) is 23.1 Å². The van der Waals surface area contributed by atoms with E-state index in [1.807, 2.05) is 49.4 Å². The first kappa shape index (κ1) is 18.2. The van der Waals surface area contributed by atoms with Crippen LogP contribution in [0.1, 0.15) is 6.92 Å². The first-order valence-corrected chi connectivity index (χ1v) is 9.39. The van der Waals surface area contributed by atoms with Gasteiger partial charge in [-0.15, -0.1) is 0 Å². The molecule has 5 nitrogen and oxygen atoms in total. The summed E-state index contributed by atoms with van der Waals surface area (Å²) in [6.45, 7) is 2.32. The number of hydrogen-bond donors (Lipinski definition) is 0. The van der Waals surface area contributed by atoms with E-state index in [0.717, 1.165) is 16.5 Å². The number of fused-ring (bicyclic) bond motifs is 2. The number of halogens is 1. The third-order valence-electron chi connectivity index (χ3n) is 4.77. The first-order valence-electron chi connectivity index (χ1n) is 9.01. The van der Waals surface area contributed by atoms with Gasteiger partial charge in [0.25, 0.3) is 5.56 Å². The topological polar surface area (TPSA) is 55.2 Å². The number of carbonyl (C=O) groups is 1. The zero-order chi connectivity index (χ0) is 19.7. The van der Waals surface area contributed by atoms with Crippen molar-refractivity contribution in [1.29, 1.82) is 0 Å². The summed E-state index contributed by atoms with van der Waals surface area (Å²) in [6, 6.07) is 18.7. The SMILES string of the molecule is CCN(C(=O)Cn1cnc2ccc(Cl)cc2c1=O)c1cccc2ccccc12. The van der Waals surface area contributed by atoms with Crippen molar-refractivity contribution in [2.24, 2.45) is 0 Å². The normalized spacial score (nSPS) is 11.1. The summed E-state index contributed by atoms with van der Waals surface area (Å²) in [5.74, 6) is -0.177. The molecule has 0 fully saturated rings. The number of aromatic nitrogens is 2. The molecule has 0 atom stereocenters. The summed E-state index contributed by atoms with van der Waals surface area (Å²) >= 11 is 6.01. The Hall–Kier alpha value is -3.18. The van der Waals surface area contributed by atoms with Crippen molar-refractivity contribution in [2.75, 3.05) is 11.4 Å². The fourth-order valence-electron chi connectivity index (χ4n) is 3.40. The zero-order valence-electron chi connectivity index (χ0n) is 15.3. The predicted molar refractivity (Wildman–Crippen MR) is 113 cm³/mol. The van der Waals surface area contributed by atoms with Gasteiger partial charge in [-0.25, -0.2) is 4.98 Å². The van der Waals surface area contributed by atoms with Crippen molar-refractivity contribution >= 4 is 44.9 Å². The van der Waals surface area contributed by atoms with Crippen LogP contribution in [0.25, 0.3) is 21.7 Å². The number of likely N-dealkylation sites (N-methyl/N-ethyl adjacent to an activating group) is 1. The highest BCUT2D eigenvalue weighted by Crippen LogP contribution is 2.27. The van der Waals surface area contributed by atoms with Gasteiger partial charge < -0.3 is 4.90 Å². The molecule has 28 heavy (non-hydrogen) atoms. The third-order valence-corrected chi connectivity index (χ3v) is 5.00. The number of nitrogens with zero attached hydrogens (tertiary/aromatic N) is 3. The van der Waals surface area contributed by atoms with Crippen LogP contribution in [-0.4, -0.2) is 22.0 Å². The Morgan fingerprint density at radius 3 is 2.68 bits per heavy atom. The zero-order valence-corrected chi connectivity index (χ0v) is 16.1. The molecular weight excluding hydrogens is 374 g/mol. The lowest BCUT2D eigenvalue weighted by atomic mass is 10.1. The molecule has 4 aromatic rings. The van der Waals surface area contributed by atoms with Gasteiger partial charge in [0.2, 0.25) is 5.91 Å². The Labute approximate surface area is 166 Å². The van der Waals surface area contributed by atoms with Crippen molar-refractivity contribution in [1.82, 2.24) is 9.55 Å². The van der Waals surface area contributed by atoms with Crippen LogP contribution in [-0.2, 0) is 11.3 Å². The summed E-state index contributed by atoms with van der Waals surface area (Å²) in [5, 5.41) is 2.92. The van der Waals surface area contributed by atoms with Gasteiger partial charge >= 0.3 is 0 Å². The minimum Gasteiger partial charge on any atom is -0.311 e. The molecule has 0 unspecified atom stereocenters. The molecule has 0 N–H and O–H groups in total. The molecule has 140 valence electrons. The van der Waals surface area contributed by atoms with E-state index >= 15 is 0 Å². The van der Waals surface area contributed by atoms with Crippen molar-refractivity contribution in [3.63, 3.8) is 0 Å². The first-order chi connectivity index (χ1) is 13.6. The molecule has 4 rings (SSSR count). The average Bonchev–Trinajstić information content (AvgIpc) is 2.71. The smallest absolute Gasteiger partial charge is 0.261 e. The summed E-state index contributed by atoms with van der Waals surface area (Å²) in [5.41, 5.74) is 1.10. The van der Waals surface area contributed by atoms with Gasteiger partial charge in [-0.2, -0.15) is 0 Å². The summed E-state index contributed by atoms with van der Waals surface area (Å²) in [4.78, 5) is 31.8. The quantitative estimate of drug-likeness (QED) is 0.522. The van der Waals surface area contributed by atoms with Crippen LogP contribution in [0.3, 0.4) is 0 Å². The lowest BCUT2D eigenvalue weighted by Crippen LogP contribution is -2.36. The van der Waals surface area contributed by atoms with Gasteiger partial charge in [-0.1, -0.05) is 48.0 Å². The molecule has 0 saturated heterocycles. The van der Waals surface area contributed by atoms with Crippen molar-refractivity contribution in [3.05, 3.63) is 82.4 Å². The van der Waals surface area contributed by atoms with E-state index in [9.17, 15) is 9.59 Å². The fraction of sp³-hybridized carbons (Fsp3) is 0.136. The van der Waals surface area contributed by atoms with Gasteiger partial charge in [-0.3, -0.25) is 14.2 Å². The molecule has 0 bridgehead atoms. The average molecular weight is 392 g/mol. The van der Waals surface area contributed by atoms with Crippen LogP contribution in [0.2, 0.25) is 5.02 Å². The molecule has 0 spiro atoms. The number of amides is 1. The molecule has 0 radical (unpaired) electrons. The molecule has 0 aliphatic heterocycles. The third kappa shape index (κ3) is 3.25. The Morgan fingerprint density at radius 1 is 1.07 bits per heavy atom. The summed E-state index contributed by atoms with van der Waals surface area (Å²) < 4.78 is 1.33. The molecule has 1 amide bonds. The van der Waals surface area contributed by atoms with E-state index in [0.29, 0.717) is 22.5 Å². The highest BCUT2D eigenvalue weighted by molar-refractivity contribution is 6.31. The second-order valence-electron chi connectivity index (χ2n) is 6.48. The Balaban J connectivity index is 1.71. The molecule has 0 saturated carbocycles. The number of carbonyl (C=O) groups excluding carboxylic acids is 1. The van der Waals surface area contributed by atoms with Gasteiger partial charge in [0.05, 0.1) is 22.9 Å². The van der Waals surface area contributed by atoms with Crippen LogP contribution in [0, 0.1) is 0 Å². The molecule has 1 aromatic heterocycles. The Kier molecular flexibility index (Phi) is 4.84. The van der Waals surface area contributed by atoms with Gasteiger partial charge in [0.1, 0.15) is 6.54 Å². The predicted octanol–water partition coefficient (Wildman–Crippen LogP) is 4.26. The monoisotopic (exact) mass is 391 g/mol. The lowest BCUT2D eigenvalue weighted by Gasteiger charge is -2.23. The fourth-order valence-corrected chi connectivity index (χ4v) is 3.57. The number of anilines is 1. The van der Waals surface area contributed by atoms with E-state index < -0.39 is 0 Å².